The van der Waals surface area contributed by atoms with E-state index in [0.29, 0.717) is 25.5 Å². The zero-order valence-electron chi connectivity index (χ0n) is 17.5. The predicted molar refractivity (Wildman–Crippen MR) is 120 cm³/mol. The van der Waals surface area contributed by atoms with Gasteiger partial charge in [-0.25, -0.2) is 4.79 Å². The molecule has 0 fully saturated rings. The van der Waals surface area contributed by atoms with Gasteiger partial charge in [-0.3, -0.25) is 4.98 Å². The van der Waals surface area contributed by atoms with Crippen molar-refractivity contribution in [3.05, 3.63) is 78.1 Å². The molecule has 2 aromatic heterocycles. The van der Waals surface area contributed by atoms with E-state index < -0.39 is 5.97 Å². The van der Waals surface area contributed by atoms with Gasteiger partial charge >= 0.3 is 5.97 Å². The van der Waals surface area contributed by atoms with Gasteiger partial charge in [0.05, 0.1) is 24.4 Å². The number of hydrogen-bond acceptors (Lipinski definition) is 4. The zero-order chi connectivity index (χ0) is 21.8. The van der Waals surface area contributed by atoms with E-state index in [1.165, 1.54) is 0 Å². The number of carboxylic acid groups (broad SMARTS) is 1. The van der Waals surface area contributed by atoms with E-state index in [0.717, 1.165) is 33.5 Å². The highest BCUT2D eigenvalue weighted by Gasteiger charge is 2.18. The lowest BCUT2D eigenvalue weighted by atomic mass is 10.1. The molecular formula is C25H24N2O4. The van der Waals surface area contributed by atoms with Gasteiger partial charge in [-0.2, -0.15) is 0 Å². The van der Waals surface area contributed by atoms with Crippen molar-refractivity contribution in [1.29, 1.82) is 0 Å². The molecule has 0 aliphatic carbocycles. The molecule has 2 heterocycles. The van der Waals surface area contributed by atoms with Crippen LogP contribution in [0.3, 0.4) is 0 Å². The molecule has 158 valence electrons. The molecule has 1 N–H and O–H groups in total. The largest absolute Gasteiger partial charge is 0.494 e. The summed E-state index contributed by atoms with van der Waals surface area (Å²) in [6.45, 7) is 5.30. The van der Waals surface area contributed by atoms with Gasteiger partial charge in [-0.05, 0) is 56.3 Å². The van der Waals surface area contributed by atoms with Crippen molar-refractivity contribution >= 4 is 16.9 Å². The van der Waals surface area contributed by atoms with Crippen LogP contribution in [0.15, 0.2) is 66.9 Å². The van der Waals surface area contributed by atoms with Gasteiger partial charge in [0.25, 0.3) is 0 Å². The summed E-state index contributed by atoms with van der Waals surface area (Å²) in [6, 6.07) is 19.0. The Balaban J connectivity index is 1.61. The van der Waals surface area contributed by atoms with Gasteiger partial charge in [0.1, 0.15) is 23.8 Å². The molecule has 0 saturated carbocycles. The first kappa shape index (κ1) is 20.5. The smallest absolute Gasteiger partial charge is 0.352 e. The van der Waals surface area contributed by atoms with Crippen molar-refractivity contribution in [2.75, 3.05) is 13.2 Å². The molecule has 31 heavy (non-hydrogen) atoms. The molecule has 0 radical (unpaired) electrons. The number of nitrogens with zero attached hydrogens (tertiary/aromatic N) is 2. The SMILES string of the molecule is CCOc1ccc(OCCn2c(C(=O)O)cc3c(-c4cccc(C)c4)nccc32)cc1. The van der Waals surface area contributed by atoms with Crippen LogP contribution in [-0.4, -0.2) is 33.8 Å². The normalized spacial score (nSPS) is 10.9. The number of aryl methyl sites for hydroxylation is 1. The highest BCUT2D eigenvalue weighted by Crippen LogP contribution is 2.30. The lowest BCUT2D eigenvalue weighted by Gasteiger charge is -2.11. The van der Waals surface area contributed by atoms with Crippen LogP contribution in [0.25, 0.3) is 22.2 Å². The average molecular weight is 416 g/mol. The quantitative estimate of drug-likeness (QED) is 0.428. The second kappa shape index (κ2) is 8.92. The zero-order valence-corrected chi connectivity index (χ0v) is 17.5. The predicted octanol–water partition coefficient (Wildman–Crippen LogP) is 5.19. The van der Waals surface area contributed by atoms with Gasteiger partial charge in [0.15, 0.2) is 0 Å². The molecule has 6 heteroatoms. The molecule has 4 aromatic rings. The molecule has 6 nitrogen and oxygen atoms in total. The topological polar surface area (TPSA) is 73.6 Å². The van der Waals surface area contributed by atoms with E-state index in [9.17, 15) is 9.90 Å². The van der Waals surface area contributed by atoms with E-state index in [1.54, 1.807) is 16.8 Å². The standard InChI is InChI=1S/C25H24N2O4/c1-3-30-19-7-9-20(10-8-19)31-14-13-27-22-11-12-26-24(18-6-4-5-17(2)15-18)21(22)16-23(27)25(28)29/h4-12,15-16H,3,13-14H2,1-2H3,(H,28,29). The first-order valence-electron chi connectivity index (χ1n) is 10.2. The third kappa shape index (κ3) is 4.38. The number of ether oxygens (including phenoxy) is 2. The third-order valence-electron chi connectivity index (χ3n) is 5.06. The molecule has 0 amide bonds. The first-order chi connectivity index (χ1) is 15.1. The van der Waals surface area contributed by atoms with Gasteiger partial charge in [0.2, 0.25) is 0 Å². The van der Waals surface area contributed by atoms with E-state index >= 15 is 0 Å². The van der Waals surface area contributed by atoms with Crippen molar-refractivity contribution in [2.45, 2.75) is 20.4 Å². The number of carbonyl (C=O) groups is 1. The van der Waals surface area contributed by atoms with Crippen LogP contribution in [0.1, 0.15) is 23.0 Å². The molecule has 4 rings (SSSR count). The van der Waals surface area contributed by atoms with E-state index in [-0.39, 0.29) is 5.69 Å². The summed E-state index contributed by atoms with van der Waals surface area (Å²) >= 11 is 0. The molecule has 0 spiro atoms. The lowest BCUT2D eigenvalue weighted by Crippen LogP contribution is -2.13. The summed E-state index contributed by atoms with van der Waals surface area (Å²) in [7, 11) is 0. The maximum Gasteiger partial charge on any atom is 0.352 e. The maximum absolute atomic E-state index is 11.9. The van der Waals surface area contributed by atoms with Gasteiger partial charge in [-0.15, -0.1) is 0 Å². The Morgan fingerprint density at radius 2 is 1.77 bits per heavy atom. The highest BCUT2D eigenvalue weighted by molar-refractivity contribution is 6.00. The minimum Gasteiger partial charge on any atom is -0.494 e. The molecule has 2 aromatic carbocycles. The highest BCUT2D eigenvalue weighted by atomic mass is 16.5. The number of carboxylic acids is 1. The summed E-state index contributed by atoms with van der Waals surface area (Å²) < 4.78 is 13.1. The van der Waals surface area contributed by atoms with Gasteiger partial charge in [0, 0.05) is 17.1 Å². The van der Waals surface area contributed by atoms with Crippen LogP contribution in [-0.2, 0) is 6.54 Å². The molecule has 0 saturated heterocycles. The van der Waals surface area contributed by atoms with Crippen LogP contribution in [0.2, 0.25) is 0 Å². The van der Waals surface area contributed by atoms with Crippen molar-refractivity contribution in [1.82, 2.24) is 9.55 Å². The fourth-order valence-electron chi connectivity index (χ4n) is 3.68. The van der Waals surface area contributed by atoms with Gasteiger partial charge < -0.3 is 19.1 Å². The van der Waals surface area contributed by atoms with E-state index in [2.05, 4.69) is 11.1 Å². The summed E-state index contributed by atoms with van der Waals surface area (Å²) in [4.78, 5) is 16.5. The lowest BCUT2D eigenvalue weighted by molar-refractivity contribution is 0.0684. The van der Waals surface area contributed by atoms with Crippen LogP contribution in [0, 0.1) is 6.92 Å². The number of rotatable bonds is 8. The molecule has 0 unspecified atom stereocenters. The second-order valence-corrected chi connectivity index (χ2v) is 7.20. The van der Waals surface area contributed by atoms with E-state index in [1.807, 2.05) is 62.4 Å². The summed E-state index contributed by atoms with van der Waals surface area (Å²) in [6.07, 6.45) is 1.72. The number of hydrogen-bond donors (Lipinski definition) is 1. The fraction of sp³-hybridized carbons (Fsp3) is 0.200. The van der Waals surface area contributed by atoms with E-state index in [4.69, 9.17) is 9.47 Å². The summed E-state index contributed by atoms with van der Waals surface area (Å²) in [5.41, 5.74) is 3.89. The average Bonchev–Trinajstić information content (AvgIpc) is 3.14. The molecular weight excluding hydrogens is 392 g/mol. The molecule has 0 aliphatic rings. The van der Waals surface area contributed by atoms with Crippen LogP contribution in [0.4, 0.5) is 0 Å². The number of aromatic nitrogens is 2. The van der Waals surface area contributed by atoms with Crippen LogP contribution in [0.5, 0.6) is 11.5 Å². The van der Waals surface area contributed by atoms with Crippen molar-refractivity contribution < 1.29 is 19.4 Å². The minimum absolute atomic E-state index is 0.215. The summed E-state index contributed by atoms with van der Waals surface area (Å²) in [5, 5.41) is 10.6. The fourth-order valence-corrected chi connectivity index (χ4v) is 3.68. The number of fused-ring (bicyclic) bond motifs is 1. The van der Waals surface area contributed by atoms with Crippen molar-refractivity contribution in [3.8, 4) is 22.8 Å². The minimum atomic E-state index is -0.979. The van der Waals surface area contributed by atoms with Crippen molar-refractivity contribution in [3.63, 3.8) is 0 Å². The Hall–Kier alpha value is -3.80. The Bertz CT molecular complexity index is 1210. The molecule has 0 aliphatic heterocycles. The monoisotopic (exact) mass is 416 g/mol. The Labute approximate surface area is 180 Å². The van der Waals surface area contributed by atoms with Crippen LogP contribution < -0.4 is 9.47 Å². The van der Waals surface area contributed by atoms with Gasteiger partial charge in [-0.1, -0.05) is 23.8 Å². The number of pyridine rings is 1. The first-order valence-corrected chi connectivity index (χ1v) is 10.2. The van der Waals surface area contributed by atoms with Crippen molar-refractivity contribution in [2.24, 2.45) is 0 Å². The Morgan fingerprint density at radius 1 is 1.03 bits per heavy atom. The Kier molecular flexibility index (Phi) is 5.89. The third-order valence-corrected chi connectivity index (χ3v) is 5.06. The summed E-state index contributed by atoms with van der Waals surface area (Å²) in [5.74, 6) is 0.516. The molecule has 0 atom stereocenters. The maximum atomic E-state index is 11.9. The Morgan fingerprint density at radius 3 is 2.45 bits per heavy atom. The second-order valence-electron chi connectivity index (χ2n) is 7.20. The number of aromatic carboxylic acids is 1. The van der Waals surface area contributed by atoms with Crippen LogP contribution >= 0.6 is 0 Å². The number of benzene rings is 2. The molecule has 0 bridgehead atoms.